The Hall–Kier alpha value is -0.520. The van der Waals surface area contributed by atoms with Crippen molar-refractivity contribution in [3.63, 3.8) is 0 Å². The molecule has 1 saturated heterocycles. The van der Waals surface area contributed by atoms with Crippen molar-refractivity contribution in [2.75, 3.05) is 19.6 Å². The Kier molecular flexibility index (Phi) is 5.38. The lowest BCUT2D eigenvalue weighted by Crippen LogP contribution is -2.51. The quantitative estimate of drug-likeness (QED) is 0.826. The normalized spacial score (nSPS) is 18.6. The fourth-order valence-electron chi connectivity index (χ4n) is 2.44. The van der Waals surface area contributed by atoms with Crippen LogP contribution in [0.4, 0.5) is 0 Å². The number of nitrogens with one attached hydrogen (secondary N) is 1. The molecule has 1 aromatic carbocycles. The number of hydrogen-bond acceptors (Lipinski definition) is 3. The van der Waals surface area contributed by atoms with E-state index in [1.165, 1.54) is 11.3 Å². The van der Waals surface area contributed by atoms with Gasteiger partial charge in [0.2, 0.25) is 0 Å². The van der Waals surface area contributed by atoms with Crippen LogP contribution >= 0.6 is 46.9 Å². The maximum absolute atomic E-state index is 12.6. The van der Waals surface area contributed by atoms with Crippen molar-refractivity contribution < 1.29 is 4.79 Å². The SMILES string of the molecule is CC1CN(C(=O)c2sc3cc(Cl)ccc3c2Cl)CCN1.Cl. The predicted molar refractivity (Wildman–Crippen MR) is 92.5 cm³/mol. The first-order chi connectivity index (χ1) is 9.56. The summed E-state index contributed by atoms with van der Waals surface area (Å²) in [6, 6.07) is 5.83. The number of hydrogen-bond donors (Lipinski definition) is 1. The molecule has 2 heterocycles. The van der Waals surface area contributed by atoms with Gasteiger partial charge in [-0.3, -0.25) is 4.79 Å². The third kappa shape index (κ3) is 3.30. The van der Waals surface area contributed by atoms with Crippen LogP contribution in [-0.4, -0.2) is 36.5 Å². The second kappa shape index (κ2) is 6.71. The van der Waals surface area contributed by atoms with Crippen LogP contribution in [-0.2, 0) is 0 Å². The molecule has 1 fully saturated rings. The molecule has 3 rings (SSSR count). The van der Waals surface area contributed by atoms with Crippen molar-refractivity contribution in [1.82, 2.24) is 10.2 Å². The van der Waals surface area contributed by atoms with Crippen LogP contribution in [0.2, 0.25) is 10.0 Å². The van der Waals surface area contributed by atoms with Gasteiger partial charge in [-0.1, -0.05) is 29.3 Å². The smallest absolute Gasteiger partial charge is 0.265 e. The summed E-state index contributed by atoms with van der Waals surface area (Å²) < 4.78 is 0.953. The number of piperazine rings is 1. The first-order valence-corrected chi connectivity index (χ1v) is 8.03. The van der Waals surface area contributed by atoms with Gasteiger partial charge in [0.25, 0.3) is 5.91 Å². The maximum atomic E-state index is 12.6. The molecule has 1 N–H and O–H groups in total. The van der Waals surface area contributed by atoms with E-state index in [1.807, 2.05) is 17.0 Å². The molecule has 0 radical (unpaired) electrons. The Labute approximate surface area is 143 Å². The van der Waals surface area contributed by atoms with Crippen molar-refractivity contribution in [3.05, 3.63) is 33.1 Å². The van der Waals surface area contributed by atoms with E-state index in [1.54, 1.807) is 6.07 Å². The number of amides is 1. The number of halogens is 3. The van der Waals surface area contributed by atoms with Gasteiger partial charge in [0.1, 0.15) is 4.88 Å². The highest BCUT2D eigenvalue weighted by Crippen LogP contribution is 2.37. The van der Waals surface area contributed by atoms with Gasteiger partial charge in [-0.15, -0.1) is 23.7 Å². The number of carbonyl (C=O) groups excluding carboxylic acids is 1. The van der Waals surface area contributed by atoms with E-state index in [2.05, 4.69) is 12.2 Å². The van der Waals surface area contributed by atoms with Gasteiger partial charge in [-0.05, 0) is 19.1 Å². The summed E-state index contributed by atoms with van der Waals surface area (Å²) in [6.45, 7) is 4.33. The highest BCUT2D eigenvalue weighted by Gasteiger charge is 2.25. The monoisotopic (exact) mass is 364 g/mol. The standard InChI is InChI=1S/C14H14Cl2N2OS.ClH/c1-8-7-18(5-4-17-8)14(19)13-12(16)10-3-2-9(15)6-11(10)20-13;/h2-3,6,8,17H,4-5,7H2,1H3;1H. The Morgan fingerprint density at radius 1 is 1.43 bits per heavy atom. The van der Waals surface area contributed by atoms with Gasteiger partial charge in [0.15, 0.2) is 0 Å². The van der Waals surface area contributed by atoms with Crippen molar-refractivity contribution >= 4 is 62.9 Å². The van der Waals surface area contributed by atoms with E-state index in [-0.39, 0.29) is 18.3 Å². The van der Waals surface area contributed by atoms with Gasteiger partial charge >= 0.3 is 0 Å². The van der Waals surface area contributed by atoms with Crippen molar-refractivity contribution in [2.24, 2.45) is 0 Å². The van der Waals surface area contributed by atoms with E-state index in [0.29, 0.717) is 34.1 Å². The predicted octanol–water partition coefficient (Wildman–Crippen LogP) is 4.06. The Morgan fingerprint density at radius 3 is 2.90 bits per heavy atom. The fourth-order valence-corrected chi connectivity index (χ4v) is 4.19. The maximum Gasteiger partial charge on any atom is 0.265 e. The lowest BCUT2D eigenvalue weighted by atomic mass is 10.2. The summed E-state index contributed by atoms with van der Waals surface area (Å²) in [5, 5.41) is 5.42. The summed E-state index contributed by atoms with van der Waals surface area (Å²) in [5.41, 5.74) is 0. The molecule has 0 bridgehead atoms. The van der Waals surface area contributed by atoms with Crippen LogP contribution in [0.1, 0.15) is 16.6 Å². The van der Waals surface area contributed by atoms with Crippen LogP contribution in [0.3, 0.4) is 0 Å². The van der Waals surface area contributed by atoms with Gasteiger partial charge in [0, 0.05) is 40.8 Å². The van der Waals surface area contributed by atoms with E-state index >= 15 is 0 Å². The molecule has 1 amide bonds. The van der Waals surface area contributed by atoms with E-state index in [4.69, 9.17) is 23.2 Å². The zero-order valence-electron chi connectivity index (χ0n) is 11.4. The average molecular weight is 366 g/mol. The lowest BCUT2D eigenvalue weighted by molar-refractivity contribution is 0.0714. The minimum Gasteiger partial charge on any atom is -0.335 e. The highest BCUT2D eigenvalue weighted by atomic mass is 35.5. The van der Waals surface area contributed by atoms with E-state index < -0.39 is 0 Å². The van der Waals surface area contributed by atoms with Crippen molar-refractivity contribution in [1.29, 1.82) is 0 Å². The minimum absolute atomic E-state index is 0. The molecule has 114 valence electrons. The lowest BCUT2D eigenvalue weighted by Gasteiger charge is -2.31. The number of fused-ring (bicyclic) bond motifs is 1. The molecule has 1 atom stereocenters. The molecular formula is C14H15Cl3N2OS. The van der Waals surface area contributed by atoms with E-state index in [9.17, 15) is 4.79 Å². The van der Waals surface area contributed by atoms with Crippen LogP contribution in [0.25, 0.3) is 10.1 Å². The molecule has 21 heavy (non-hydrogen) atoms. The number of rotatable bonds is 1. The molecule has 3 nitrogen and oxygen atoms in total. The van der Waals surface area contributed by atoms with Crippen LogP contribution < -0.4 is 5.32 Å². The van der Waals surface area contributed by atoms with Crippen LogP contribution in [0.5, 0.6) is 0 Å². The molecule has 0 spiro atoms. The van der Waals surface area contributed by atoms with Crippen molar-refractivity contribution in [3.8, 4) is 0 Å². The molecule has 0 saturated carbocycles. The second-order valence-corrected chi connectivity index (χ2v) is 6.86. The summed E-state index contributed by atoms with van der Waals surface area (Å²) >= 11 is 13.8. The molecular weight excluding hydrogens is 351 g/mol. The molecule has 1 unspecified atom stereocenters. The summed E-state index contributed by atoms with van der Waals surface area (Å²) in [4.78, 5) is 15.1. The Bertz CT molecular complexity index is 674. The zero-order valence-corrected chi connectivity index (χ0v) is 14.5. The zero-order chi connectivity index (χ0) is 14.3. The van der Waals surface area contributed by atoms with Gasteiger partial charge < -0.3 is 10.2 Å². The van der Waals surface area contributed by atoms with Crippen LogP contribution in [0, 0.1) is 0 Å². The largest absolute Gasteiger partial charge is 0.335 e. The topological polar surface area (TPSA) is 32.3 Å². The Morgan fingerprint density at radius 2 is 2.19 bits per heavy atom. The second-order valence-electron chi connectivity index (χ2n) is 4.99. The fraction of sp³-hybridized carbons (Fsp3) is 0.357. The first-order valence-electron chi connectivity index (χ1n) is 6.46. The Balaban J connectivity index is 0.00000161. The third-order valence-electron chi connectivity index (χ3n) is 3.44. The minimum atomic E-state index is 0. The summed E-state index contributed by atoms with van der Waals surface area (Å²) in [5.74, 6) is 0.0145. The summed E-state index contributed by atoms with van der Waals surface area (Å²) in [7, 11) is 0. The molecule has 1 aromatic heterocycles. The van der Waals surface area contributed by atoms with Gasteiger partial charge in [-0.25, -0.2) is 0 Å². The molecule has 1 aliphatic rings. The van der Waals surface area contributed by atoms with Crippen LogP contribution in [0.15, 0.2) is 18.2 Å². The number of benzene rings is 1. The average Bonchev–Trinajstić information content (AvgIpc) is 2.74. The van der Waals surface area contributed by atoms with Gasteiger partial charge in [-0.2, -0.15) is 0 Å². The number of thiophene rings is 1. The first kappa shape index (κ1) is 16.8. The van der Waals surface area contributed by atoms with Crippen molar-refractivity contribution in [2.45, 2.75) is 13.0 Å². The molecule has 7 heteroatoms. The number of carbonyl (C=O) groups is 1. The highest BCUT2D eigenvalue weighted by molar-refractivity contribution is 7.21. The molecule has 1 aliphatic heterocycles. The summed E-state index contributed by atoms with van der Waals surface area (Å²) in [6.07, 6.45) is 0. The molecule has 0 aliphatic carbocycles. The number of nitrogens with zero attached hydrogens (tertiary/aromatic N) is 1. The van der Waals surface area contributed by atoms with E-state index in [0.717, 1.165) is 16.6 Å². The third-order valence-corrected chi connectivity index (χ3v) is 5.32. The molecule has 2 aromatic rings. The van der Waals surface area contributed by atoms with Gasteiger partial charge in [0.05, 0.1) is 5.02 Å².